The first kappa shape index (κ1) is 44.9. The van der Waals surface area contributed by atoms with Crippen LogP contribution in [0.15, 0.2) is 85.7 Å². The molecule has 0 saturated carbocycles. The number of likely N-dealkylation sites (N-methyl/N-ethyl adjacent to an activating group) is 2. The molecule has 0 bridgehead atoms. The average Bonchev–Trinajstić information content (AvgIpc) is 3.81. The Morgan fingerprint density at radius 3 is 2.55 bits per heavy atom. The molecule has 64 heavy (non-hydrogen) atoms. The maximum atomic E-state index is 13.1. The molecule has 4 heterocycles. The quantitative estimate of drug-likeness (QED) is 0.0490. The number of aromatic nitrogens is 3. The van der Waals surface area contributed by atoms with Crippen LogP contribution in [-0.2, 0) is 42.2 Å². The van der Waals surface area contributed by atoms with Gasteiger partial charge in [0.15, 0.2) is 0 Å². The first-order valence-corrected chi connectivity index (χ1v) is 20.9. The van der Waals surface area contributed by atoms with Gasteiger partial charge in [0.05, 0.1) is 49.7 Å². The summed E-state index contributed by atoms with van der Waals surface area (Å²) in [7, 11) is 7.49. The molecule has 7 rings (SSSR count). The SMILES string of the molecule is C=CC(=O)Nc1cc(Nc2nccc(-c3cn(C)c4ccccc34)n2)c(OC)cc1N(C)CCN(C)CCOCCOCC(=O)Nc1cccc2c1CN(C1CCC(=O)NC1=O)C2=O. The molecule has 4 N–H and O–H groups in total. The third-order valence-electron chi connectivity index (χ3n) is 11.1. The minimum absolute atomic E-state index is 0.144. The highest BCUT2D eigenvalue weighted by atomic mass is 16.5. The Morgan fingerprint density at radius 1 is 0.938 bits per heavy atom. The summed E-state index contributed by atoms with van der Waals surface area (Å²) in [6.45, 7) is 6.37. The van der Waals surface area contributed by atoms with Crippen molar-refractivity contribution in [3.05, 3.63) is 96.8 Å². The van der Waals surface area contributed by atoms with E-state index in [4.69, 9.17) is 19.2 Å². The first-order chi connectivity index (χ1) is 30.9. The van der Waals surface area contributed by atoms with Gasteiger partial charge in [-0.25, -0.2) is 9.97 Å². The molecule has 334 valence electrons. The maximum Gasteiger partial charge on any atom is 0.255 e. The number of piperidine rings is 1. The lowest BCUT2D eigenvalue weighted by Crippen LogP contribution is -2.52. The van der Waals surface area contributed by atoms with Gasteiger partial charge in [0.2, 0.25) is 29.6 Å². The number of methoxy groups -OCH3 is 1. The van der Waals surface area contributed by atoms with E-state index in [9.17, 15) is 24.0 Å². The summed E-state index contributed by atoms with van der Waals surface area (Å²) in [5.41, 5.74) is 6.14. The Labute approximate surface area is 370 Å². The largest absolute Gasteiger partial charge is 0.494 e. The number of imide groups is 1. The van der Waals surface area contributed by atoms with Gasteiger partial charge in [0.1, 0.15) is 18.4 Å². The number of carbonyl (C=O) groups excluding carboxylic acids is 5. The summed E-state index contributed by atoms with van der Waals surface area (Å²) < 4.78 is 19.2. The van der Waals surface area contributed by atoms with Crippen LogP contribution in [0, 0.1) is 0 Å². The van der Waals surface area contributed by atoms with Crippen molar-refractivity contribution in [2.24, 2.45) is 7.05 Å². The standard InChI is InChI=1S/C46H52N10O8/c1-6-41(57)49-35-24-36(51-46-47-17-16-34(50-46)31-26-55(4)37-13-8-7-10-29(31)37)40(62-5)25-39(35)54(3)19-18-53(2)20-21-63-22-23-64-28-43(59)48-33-12-9-11-30-32(33)27-56(45(30)61)38-14-15-42(58)52-44(38)60/h6-13,16-17,24-26,38H,1,14-15,18-23,27-28H2,2-5H3,(H,48,59)(H,49,57)(H,47,50,51)(H,52,58,60). The van der Waals surface area contributed by atoms with E-state index in [0.717, 1.165) is 27.8 Å². The highest BCUT2D eigenvalue weighted by molar-refractivity contribution is 6.07. The third kappa shape index (κ3) is 10.4. The van der Waals surface area contributed by atoms with Crippen molar-refractivity contribution in [1.29, 1.82) is 0 Å². The number of para-hydroxylation sites is 1. The van der Waals surface area contributed by atoms with Crippen LogP contribution in [0.4, 0.5) is 28.7 Å². The number of rotatable bonds is 20. The van der Waals surface area contributed by atoms with Crippen molar-refractivity contribution in [3.63, 3.8) is 0 Å². The summed E-state index contributed by atoms with van der Waals surface area (Å²) in [5.74, 6) is -1.04. The van der Waals surface area contributed by atoms with Gasteiger partial charge in [-0.15, -0.1) is 0 Å². The lowest BCUT2D eigenvalue weighted by molar-refractivity contribution is -0.137. The molecular formula is C46H52N10O8. The predicted octanol–water partition coefficient (Wildman–Crippen LogP) is 4.31. The number of benzene rings is 3. The van der Waals surface area contributed by atoms with Crippen molar-refractivity contribution < 1.29 is 38.2 Å². The molecule has 2 aliphatic rings. The van der Waals surface area contributed by atoms with Crippen LogP contribution in [0.5, 0.6) is 5.75 Å². The van der Waals surface area contributed by atoms with Gasteiger partial charge < -0.3 is 49.4 Å². The topological polar surface area (TPSA) is 202 Å². The first-order valence-electron chi connectivity index (χ1n) is 20.9. The summed E-state index contributed by atoms with van der Waals surface area (Å²) in [6.07, 6.45) is 5.37. The maximum absolute atomic E-state index is 13.1. The minimum atomic E-state index is -0.747. The second-order valence-electron chi connectivity index (χ2n) is 15.5. The van der Waals surface area contributed by atoms with E-state index in [1.807, 2.05) is 56.5 Å². The fraction of sp³-hybridized carbons (Fsp3) is 0.326. The van der Waals surface area contributed by atoms with Crippen LogP contribution in [0.2, 0.25) is 0 Å². The average molecular weight is 873 g/mol. The van der Waals surface area contributed by atoms with Crippen molar-refractivity contribution in [2.75, 3.05) is 88.1 Å². The number of hydrogen-bond donors (Lipinski definition) is 4. The molecule has 1 atom stereocenters. The van der Waals surface area contributed by atoms with Crippen LogP contribution in [0.1, 0.15) is 28.8 Å². The Kier molecular flexibility index (Phi) is 14.3. The van der Waals surface area contributed by atoms with Gasteiger partial charge in [-0.05, 0) is 49.9 Å². The summed E-state index contributed by atoms with van der Waals surface area (Å²) >= 11 is 0. The third-order valence-corrected chi connectivity index (χ3v) is 11.1. The van der Waals surface area contributed by atoms with Crippen molar-refractivity contribution in [3.8, 4) is 17.0 Å². The minimum Gasteiger partial charge on any atom is -0.494 e. The van der Waals surface area contributed by atoms with Crippen molar-refractivity contribution in [2.45, 2.75) is 25.4 Å². The second-order valence-corrected chi connectivity index (χ2v) is 15.5. The fourth-order valence-corrected chi connectivity index (χ4v) is 7.72. The molecule has 0 spiro atoms. The number of nitrogens with zero attached hydrogens (tertiary/aromatic N) is 6. The number of amides is 5. The van der Waals surface area contributed by atoms with Crippen LogP contribution < -0.4 is 30.9 Å². The van der Waals surface area contributed by atoms with E-state index >= 15 is 0 Å². The highest BCUT2D eigenvalue weighted by Crippen LogP contribution is 2.39. The molecule has 5 amide bonds. The van der Waals surface area contributed by atoms with Crippen LogP contribution >= 0.6 is 0 Å². The molecule has 3 aromatic carbocycles. The zero-order chi connectivity index (χ0) is 45.3. The Hall–Kier alpha value is -7.15. The summed E-state index contributed by atoms with van der Waals surface area (Å²) in [4.78, 5) is 77.3. The number of aryl methyl sites for hydroxylation is 1. The molecular weight excluding hydrogens is 821 g/mol. The number of anilines is 5. The molecule has 2 aliphatic heterocycles. The number of carbonyl (C=O) groups is 5. The van der Waals surface area contributed by atoms with E-state index in [0.29, 0.717) is 66.1 Å². The fourth-order valence-electron chi connectivity index (χ4n) is 7.72. The summed E-state index contributed by atoms with van der Waals surface area (Å²) in [6, 6.07) is 17.9. The van der Waals surface area contributed by atoms with Gasteiger partial charge in [0.25, 0.3) is 5.91 Å². The number of fused-ring (bicyclic) bond motifs is 2. The Bertz CT molecular complexity index is 2580. The van der Waals surface area contributed by atoms with Crippen LogP contribution in [0.3, 0.4) is 0 Å². The molecule has 18 nitrogen and oxygen atoms in total. The van der Waals surface area contributed by atoms with E-state index < -0.39 is 17.9 Å². The molecule has 18 heteroatoms. The van der Waals surface area contributed by atoms with Gasteiger partial charge in [0, 0.05) is 98.4 Å². The van der Waals surface area contributed by atoms with Gasteiger partial charge in [-0.1, -0.05) is 30.8 Å². The molecule has 0 aliphatic carbocycles. The molecule has 1 fully saturated rings. The Balaban J connectivity index is 0.862. The van der Waals surface area contributed by atoms with Gasteiger partial charge in [-0.3, -0.25) is 29.3 Å². The van der Waals surface area contributed by atoms with E-state index in [2.05, 4.69) is 54.4 Å². The molecule has 5 aromatic rings. The van der Waals surface area contributed by atoms with Crippen LogP contribution in [-0.4, -0.2) is 127 Å². The molecule has 1 unspecified atom stereocenters. The van der Waals surface area contributed by atoms with Gasteiger partial charge >= 0.3 is 0 Å². The Morgan fingerprint density at radius 2 is 1.75 bits per heavy atom. The smallest absolute Gasteiger partial charge is 0.255 e. The normalized spacial score (nSPS) is 14.7. The predicted molar refractivity (Wildman–Crippen MR) is 243 cm³/mol. The van der Waals surface area contributed by atoms with Crippen molar-refractivity contribution in [1.82, 2.24) is 29.7 Å². The van der Waals surface area contributed by atoms with E-state index in [1.54, 1.807) is 37.6 Å². The molecule has 2 aromatic heterocycles. The monoisotopic (exact) mass is 872 g/mol. The lowest BCUT2D eigenvalue weighted by Gasteiger charge is -2.29. The van der Waals surface area contributed by atoms with Crippen LogP contribution in [0.25, 0.3) is 22.2 Å². The second kappa shape index (κ2) is 20.4. The van der Waals surface area contributed by atoms with E-state index in [1.165, 1.54) is 11.0 Å². The number of ether oxygens (including phenoxy) is 3. The molecule has 1 saturated heterocycles. The van der Waals surface area contributed by atoms with Gasteiger partial charge in [-0.2, -0.15) is 0 Å². The highest BCUT2D eigenvalue weighted by Gasteiger charge is 2.40. The summed E-state index contributed by atoms with van der Waals surface area (Å²) in [5, 5.41) is 12.4. The number of hydrogen-bond acceptors (Lipinski definition) is 13. The zero-order valence-electron chi connectivity index (χ0n) is 36.3. The van der Waals surface area contributed by atoms with E-state index in [-0.39, 0.29) is 56.9 Å². The number of nitrogens with one attached hydrogen (secondary N) is 4. The van der Waals surface area contributed by atoms with Crippen molar-refractivity contribution >= 4 is 69.1 Å². The zero-order valence-corrected chi connectivity index (χ0v) is 36.3. The lowest BCUT2D eigenvalue weighted by atomic mass is 10.0. The molecule has 0 radical (unpaired) electrons.